The van der Waals surface area contributed by atoms with Crippen molar-refractivity contribution < 1.29 is 42.0 Å². The highest BCUT2D eigenvalue weighted by atomic mass is 35.5. The Bertz CT molecular complexity index is 1450. The first-order valence-electron chi connectivity index (χ1n) is 13.7. The van der Waals surface area contributed by atoms with Crippen LogP contribution in [0.5, 0.6) is 0 Å². The second-order valence-corrected chi connectivity index (χ2v) is 14.2. The number of rotatable bonds is 7. The molecular weight excluding hydrogens is 619 g/mol. The van der Waals surface area contributed by atoms with Gasteiger partial charge in [0.1, 0.15) is 11.7 Å². The Morgan fingerprint density at radius 3 is 2.40 bits per heavy atom. The zero-order valence-electron chi connectivity index (χ0n) is 23.3. The molecule has 1 saturated heterocycles. The number of aromatic nitrogens is 4. The fourth-order valence-electron chi connectivity index (χ4n) is 6.20. The molecular formula is C28H32ClF5N4O4S. The molecule has 2 fully saturated rings. The summed E-state index contributed by atoms with van der Waals surface area (Å²) in [4.78, 5) is 4.60. The average Bonchev–Trinajstić information content (AvgIpc) is 3.45. The molecule has 0 spiro atoms. The van der Waals surface area contributed by atoms with Gasteiger partial charge >= 0.3 is 0 Å². The Balaban J connectivity index is 1.54. The van der Waals surface area contributed by atoms with Crippen LogP contribution in [-0.4, -0.2) is 83.7 Å². The monoisotopic (exact) mass is 650 g/mol. The van der Waals surface area contributed by atoms with Gasteiger partial charge in [-0.3, -0.25) is 4.98 Å². The van der Waals surface area contributed by atoms with E-state index < -0.39 is 88.1 Å². The number of ether oxygens (including phenoxy) is 1. The zero-order valence-corrected chi connectivity index (χ0v) is 24.9. The molecule has 2 aromatic heterocycles. The lowest BCUT2D eigenvalue weighted by atomic mass is 9.79. The molecule has 3 aromatic rings. The lowest BCUT2D eigenvalue weighted by Crippen LogP contribution is -2.54. The molecule has 3 heterocycles. The molecule has 6 atom stereocenters. The van der Waals surface area contributed by atoms with Crippen LogP contribution in [0.4, 0.5) is 22.0 Å². The van der Waals surface area contributed by atoms with Crippen LogP contribution < -0.4 is 0 Å². The van der Waals surface area contributed by atoms with E-state index in [1.807, 2.05) is 0 Å². The minimum atomic E-state index is -2.93. The molecule has 1 aliphatic heterocycles. The zero-order chi connectivity index (χ0) is 31.3. The molecule has 8 nitrogen and oxygen atoms in total. The van der Waals surface area contributed by atoms with E-state index in [4.69, 9.17) is 16.3 Å². The van der Waals surface area contributed by atoms with E-state index in [0.29, 0.717) is 11.4 Å². The van der Waals surface area contributed by atoms with Crippen molar-refractivity contribution in [2.75, 3.05) is 19.5 Å². The molecule has 236 valence electrons. The summed E-state index contributed by atoms with van der Waals surface area (Å²) >= 11 is 6.60. The summed E-state index contributed by atoms with van der Waals surface area (Å²) in [5.41, 5.74) is -0.832. The van der Waals surface area contributed by atoms with Crippen LogP contribution in [0.3, 0.4) is 0 Å². The number of pyridine rings is 1. The van der Waals surface area contributed by atoms with Crippen molar-refractivity contribution in [2.45, 2.75) is 72.9 Å². The topological polar surface area (TPSA) is 114 Å². The van der Waals surface area contributed by atoms with E-state index in [1.54, 1.807) is 19.1 Å². The smallest absolute Gasteiger partial charge is 0.248 e. The maximum atomic E-state index is 14.2. The SMILES string of the molecule is CO[C@H]1C[SH]([C@@H](c2nc(C)ccc2Cl)C2(O)CCC(F)(F)CC2)[C@H](CO)[C@H](O)[C@@H]1n1cc(-c2cc(F)c(F)c(F)c2)nn1. The molecule has 1 aromatic carbocycles. The Hall–Kier alpha value is -2.36. The third-order valence-corrected chi connectivity index (χ3v) is 12.3. The predicted octanol–water partition coefficient (Wildman–Crippen LogP) is 4.69. The van der Waals surface area contributed by atoms with Crippen molar-refractivity contribution >= 4 is 22.5 Å². The van der Waals surface area contributed by atoms with Crippen LogP contribution in [0, 0.1) is 24.4 Å². The molecule has 2 aliphatic rings. The number of nitrogens with zero attached hydrogens (tertiary/aromatic N) is 4. The van der Waals surface area contributed by atoms with E-state index in [2.05, 4.69) is 15.3 Å². The molecule has 3 N–H and O–H groups in total. The van der Waals surface area contributed by atoms with Crippen molar-refractivity contribution in [3.8, 4) is 11.3 Å². The number of halogens is 6. The van der Waals surface area contributed by atoms with Crippen LogP contribution in [0.25, 0.3) is 11.3 Å². The number of benzene rings is 1. The highest BCUT2D eigenvalue weighted by molar-refractivity contribution is 8.18. The van der Waals surface area contributed by atoms with Crippen LogP contribution in [0.1, 0.15) is 48.4 Å². The van der Waals surface area contributed by atoms with Crippen molar-refractivity contribution in [1.82, 2.24) is 20.0 Å². The van der Waals surface area contributed by atoms with Gasteiger partial charge in [0.25, 0.3) is 0 Å². The van der Waals surface area contributed by atoms with E-state index in [1.165, 1.54) is 18.0 Å². The Morgan fingerprint density at radius 1 is 1.14 bits per heavy atom. The summed E-state index contributed by atoms with van der Waals surface area (Å²) in [6.45, 7) is 1.21. The predicted molar refractivity (Wildman–Crippen MR) is 151 cm³/mol. The van der Waals surface area contributed by atoms with Gasteiger partial charge in [-0.1, -0.05) is 16.8 Å². The third kappa shape index (κ3) is 6.14. The average molecular weight is 651 g/mol. The van der Waals surface area contributed by atoms with Crippen molar-refractivity contribution in [1.29, 1.82) is 0 Å². The van der Waals surface area contributed by atoms with Gasteiger partial charge in [0.05, 0.1) is 46.6 Å². The quantitative estimate of drug-likeness (QED) is 0.167. The van der Waals surface area contributed by atoms with Gasteiger partial charge in [-0.15, -0.1) is 5.10 Å². The molecule has 1 aliphatic carbocycles. The number of aliphatic hydroxyl groups is 3. The van der Waals surface area contributed by atoms with Crippen LogP contribution in [-0.2, 0) is 4.74 Å². The molecule has 5 rings (SSSR count). The minimum Gasteiger partial charge on any atom is -0.395 e. The Labute approximate surface area is 252 Å². The van der Waals surface area contributed by atoms with Gasteiger partial charge in [0.2, 0.25) is 5.92 Å². The van der Waals surface area contributed by atoms with Gasteiger partial charge in [-0.25, -0.2) is 37.5 Å². The molecule has 0 amide bonds. The van der Waals surface area contributed by atoms with Crippen molar-refractivity contribution in [3.05, 3.63) is 64.3 Å². The highest BCUT2D eigenvalue weighted by Gasteiger charge is 2.55. The highest BCUT2D eigenvalue weighted by Crippen LogP contribution is 2.61. The van der Waals surface area contributed by atoms with E-state index in [9.17, 15) is 37.3 Å². The molecule has 0 radical (unpaired) electrons. The first-order chi connectivity index (χ1) is 20.3. The number of hydrogen-bond acceptors (Lipinski definition) is 7. The van der Waals surface area contributed by atoms with Crippen molar-refractivity contribution in [3.63, 3.8) is 0 Å². The fourth-order valence-corrected chi connectivity index (χ4v) is 10.3. The largest absolute Gasteiger partial charge is 0.395 e. The number of thiol groups is 1. The molecule has 43 heavy (non-hydrogen) atoms. The standard InChI is InChI=1S/C28H32ClF5N4O4S/c1-14-3-4-16(29)23(35-14)26(27(41)5-7-28(33,34)8-6-27)43-13-20(42-2)24(25(40)21(43)12-39)38-11-19(36-37-38)15-9-17(30)22(32)18(31)10-15/h3-4,9-11,20-21,24-26,39-41,43H,5-8,12-13H2,1-2H3/t20-,21+,24+,25-,26-/m0/s1. The van der Waals surface area contributed by atoms with Crippen LogP contribution >= 0.6 is 22.5 Å². The summed E-state index contributed by atoms with van der Waals surface area (Å²) in [6.07, 6.45) is -2.35. The lowest BCUT2D eigenvalue weighted by molar-refractivity contribution is -0.105. The second kappa shape index (κ2) is 12.2. The molecule has 0 bridgehead atoms. The number of alkyl halides is 2. The summed E-state index contributed by atoms with van der Waals surface area (Å²) in [5.74, 6) is -7.19. The van der Waals surface area contributed by atoms with Gasteiger partial charge in [0, 0.05) is 42.2 Å². The lowest BCUT2D eigenvalue weighted by Gasteiger charge is -2.53. The van der Waals surface area contributed by atoms with Crippen molar-refractivity contribution in [2.24, 2.45) is 0 Å². The van der Waals surface area contributed by atoms with Gasteiger partial charge in [0.15, 0.2) is 17.5 Å². The van der Waals surface area contributed by atoms with E-state index in [0.717, 1.165) is 12.1 Å². The first-order valence-corrected chi connectivity index (χ1v) is 15.7. The number of aryl methyl sites for hydroxylation is 1. The van der Waals surface area contributed by atoms with Crippen LogP contribution in [0.15, 0.2) is 30.5 Å². The minimum absolute atomic E-state index is 0.000645. The first kappa shape index (κ1) is 32.0. The normalized spacial score (nSPS) is 28.5. The number of hydrogen-bond donors (Lipinski definition) is 4. The van der Waals surface area contributed by atoms with E-state index in [-0.39, 0.29) is 34.9 Å². The summed E-state index contributed by atoms with van der Waals surface area (Å²) in [7, 11) is -0.221. The summed E-state index contributed by atoms with van der Waals surface area (Å²) in [6, 6.07) is 3.90. The van der Waals surface area contributed by atoms with Gasteiger partial charge in [-0.05, 0) is 44.0 Å². The van der Waals surface area contributed by atoms with Gasteiger partial charge in [-0.2, -0.15) is 0 Å². The molecule has 1 unspecified atom stereocenters. The van der Waals surface area contributed by atoms with E-state index >= 15 is 0 Å². The Kier molecular flexibility index (Phi) is 9.09. The van der Waals surface area contributed by atoms with Crippen LogP contribution in [0.2, 0.25) is 5.02 Å². The number of methoxy groups -OCH3 is 1. The third-order valence-electron chi connectivity index (χ3n) is 8.49. The molecule has 15 heteroatoms. The summed E-state index contributed by atoms with van der Waals surface area (Å²) in [5, 5.41) is 40.8. The summed E-state index contributed by atoms with van der Waals surface area (Å²) < 4.78 is 76.7. The fraction of sp³-hybridized carbons (Fsp3) is 0.536. The van der Waals surface area contributed by atoms with Gasteiger partial charge < -0.3 is 20.1 Å². The Morgan fingerprint density at radius 2 is 1.79 bits per heavy atom. The maximum Gasteiger partial charge on any atom is 0.248 e. The second-order valence-electron chi connectivity index (χ2n) is 11.2. The number of aliphatic hydroxyl groups excluding tert-OH is 2. The molecule has 1 saturated carbocycles. The maximum absolute atomic E-state index is 14.2.